The maximum atomic E-state index is 12.3. The zero-order chi connectivity index (χ0) is 14.3. The molecule has 5 heteroatoms. The van der Waals surface area contributed by atoms with Gasteiger partial charge in [-0.1, -0.05) is 25.0 Å². The molecular formula is C14H18F3NO. The van der Waals surface area contributed by atoms with Gasteiger partial charge in [-0.25, -0.2) is 0 Å². The van der Waals surface area contributed by atoms with E-state index in [1.165, 1.54) is 12.1 Å². The predicted octanol–water partition coefficient (Wildman–Crippen LogP) is 3.80. The average Bonchev–Trinajstić information content (AvgIpc) is 2.37. The van der Waals surface area contributed by atoms with Crippen molar-refractivity contribution in [2.75, 3.05) is 6.54 Å². The van der Waals surface area contributed by atoms with Crippen LogP contribution in [-0.4, -0.2) is 12.3 Å². The number of rotatable bonds is 7. The minimum atomic E-state index is -4.36. The van der Waals surface area contributed by atoms with Crippen molar-refractivity contribution in [2.24, 2.45) is 5.73 Å². The van der Waals surface area contributed by atoms with E-state index in [1.54, 1.807) is 0 Å². The first-order valence-corrected chi connectivity index (χ1v) is 6.35. The molecule has 0 aromatic heterocycles. The van der Waals surface area contributed by atoms with Gasteiger partial charge in [-0.2, -0.15) is 13.2 Å². The molecule has 0 fully saturated rings. The lowest BCUT2D eigenvalue weighted by atomic mass is 10.0. The van der Waals surface area contributed by atoms with E-state index in [9.17, 15) is 18.0 Å². The summed E-state index contributed by atoms with van der Waals surface area (Å²) in [7, 11) is 0. The number of carbonyl (C=O) groups is 1. The number of hydrogen-bond acceptors (Lipinski definition) is 2. The highest BCUT2D eigenvalue weighted by Gasteiger charge is 2.30. The molecule has 106 valence electrons. The van der Waals surface area contributed by atoms with Crippen molar-refractivity contribution < 1.29 is 18.0 Å². The number of benzene rings is 1. The molecule has 1 rings (SSSR count). The summed E-state index contributed by atoms with van der Waals surface area (Å²) in [5.74, 6) is -0.110. The molecule has 0 radical (unpaired) electrons. The molecule has 0 aliphatic rings. The Kier molecular flexibility index (Phi) is 6.02. The van der Waals surface area contributed by atoms with Gasteiger partial charge in [0, 0.05) is 12.0 Å². The largest absolute Gasteiger partial charge is 0.416 e. The third-order valence-electron chi connectivity index (χ3n) is 2.89. The van der Waals surface area contributed by atoms with Gasteiger partial charge in [-0.3, -0.25) is 4.79 Å². The Balaban J connectivity index is 2.45. The minimum Gasteiger partial charge on any atom is -0.330 e. The van der Waals surface area contributed by atoms with Gasteiger partial charge >= 0.3 is 6.18 Å². The lowest BCUT2D eigenvalue weighted by Gasteiger charge is -2.07. The van der Waals surface area contributed by atoms with E-state index in [4.69, 9.17) is 5.73 Å². The number of ketones is 1. The molecule has 0 spiro atoms. The van der Waals surface area contributed by atoms with Gasteiger partial charge in [-0.05, 0) is 31.5 Å². The first kappa shape index (κ1) is 15.7. The third-order valence-corrected chi connectivity index (χ3v) is 2.89. The fourth-order valence-electron chi connectivity index (χ4n) is 1.77. The van der Waals surface area contributed by atoms with Crippen molar-refractivity contribution in [3.05, 3.63) is 35.4 Å². The quantitative estimate of drug-likeness (QED) is 0.606. The Hall–Kier alpha value is -1.36. The fraction of sp³-hybridized carbons (Fsp3) is 0.500. The van der Waals surface area contributed by atoms with Crippen LogP contribution in [0.4, 0.5) is 13.2 Å². The molecule has 0 bridgehead atoms. The SMILES string of the molecule is NCCCCCCC(=O)c1ccc(C(F)(F)F)cc1. The van der Waals surface area contributed by atoms with Crippen molar-refractivity contribution in [3.8, 4) is 0 Å². The lowest BCUT2D eigenvalue weighted by Crippen LogP contribution is -2.06. The van der Waals surface area contributed by atoms with E-state index in [0.29, 0.717) is 18.5 Å². The van der Waals surface area contributed by atoms with E-state index in [1.807, 2.05) is 0 Å². The van der Waals surface area contributed by atoms with Crippen LogP contribution in [0.25, 0.3) is 0 Å². The second kappa shape index (κ2) is 7.28. The molecule has 0 heterocycles. The van der Waals surface area contributed by atoms with Crippen LogP contribution in [0.15, 0.2) is 24.3 Å². The van der Waals surface area contributed by atoms with Crippen LogP contribution in [0.2, 0.25) is 0 Å². The van der Waals surface area contributed by atoms with Crippen LogP contribution in [0.3, 0.4) is 0 Å². The Bertz CT molecular complexity index is 398. The molecule has 0 saturated heterocycles. The number of nitrogens with two attached hydrogens (primary N) is 1. The summed E-state index contributed by atoms with van der Waals surface area (Å²) in [6.07, 6.45) is -0.394. The number of alkyl halides is 3. The van der Waals surface area contributed by atoms with Crippen LogP contribution in [0.5, 0.6) is 0 Å². The molecule has 0 aliphatic carbocycles. The highest BCUT2D eigenvalue weighted by atomic mass is 19.4. The lowest BCUT2D eigenvalue weighted by molar-refractivity contribution is -0.137. The van der Waals surface area contributed by atoms with Crippen molar-refractivity contribution >= 4 is 5.78 Å². The molecule has 1 aromatic carbocycles. The van der Waals surface area contributed by atoms with E-state index in [-0.39, 0.29) is 5.78 Å². The minimum absolute atomic E-state index is 0.110. The summed E-state index contributed by atoms with van der Waals surface area (Å²) < 4.78 is 37.0. The Labute approximate surface area is 110 Å². The van der Waals surface area contributed by atoms with Crippen LogP contribution in [0, 0.1) is 0 Å². The smallest absolute Gasteiger partial charge is 0.330 e. The second-order valence-electron chi connectivity index (χ2n) is 4.45. The van der Waals surface area contributed by atoms with Crippen molar-refractivity contribution in [2.45, 2.75) is 38.3 Å². The van der Waals surface area contributed by atoms with Crippen LogP contribution in [-0.2, 0) is 6.18 Å². The van der Waals surface area contributed by atoms with E-state index in [2.05, 4.69) is 0 Å². The van der Waals surface area contributed by atoms with Crippen molar-refractivity contribution in [1.29, 1.82) is 0 Å². The number of halogens is 3. The monoisotopic (exact) mass is 273 g/mol. The Morgan fingerprint density at radius 3 is 2.11 bits per heavy atom. The van der Waals surface area contributed by atoms with Gasteiger partial charge < -0.3 is 5.73 Å². The molecule has 0 unspecified atom stereocenters. The third kappa shape index (κ3) is 5.42. The first-order valence-electron chi connectivity index (χ1n) is 6.35. The van der Waals surface area contributed by atoms with Crippen molar-refractivity contribution in [3.63, 3.8) is 0 Å². The summed E-state index contributed by atoms with van der Waals surface area (Å²) in [4.78, 5) is 11.7. The summed E-state index contributed by atoms with van der Waals surface area (Å²) >= 11 is 0. The van der Waals surface area contributed by atoms with Crippen LogP contribution < -0.4 is 5.73 Å². The number of unbranched alkanes of at least 4 members (excludes halogenated alkanes) is 3. The molecule has 0 saturated carbocycles. The first-order chi connectivity index (χ1) is 8.95. The molecule has 0 aliphatic heterocycles. The van der Waals surface area contributed by atoms with E-state index in [0.717, 1.165) is 37.8 Å². The zero-order valence-electron chi connectivity index (χ0n) is 10.7. The maximum absolute atomic E-state index is 12.3. The molecule has 2 nitrogen and oxygen atoms in total. The molecular weight excluding hydrogens is 255 g/mol. The zero-order valence-corrected chi connectivity index (χ0v) is 10.7. The average molecular weight is 273 g/mol. The van der Waals surface area contributed by atoms with Gasteiger partial charge in [0.1, 0.15) is 0 Å². The normalized spacial score (nSPS) is 11.6. The molecule has 1 aromatic rings. The number of carbonyl (C=O) groups excluding carboxylic acids is 1. The van der Waals surface area contributed by atoms with Crippen LogP contribution >= 0.6 is 0 Å². The van der Waals surface area contributed by atoms with E-state index < -0.39 is 11.7 Å². The van der Waals surface area contributed by atoms with Gasteiger partial charge in [-0.15, -0.1) is 0 Å². The number of hydrogen-bond donors (Lipinski definition) is 1. The summed E-state index contributed by atoms with van der Waals surface area (Å²) in [5.41, 5.74) is 4.96. The fourth-order valence-corrected chi connectivity index (χ4v) is 1.77. The summed E-state index contributed by atoms with van der Waals surface area (Å²) in [6.45, 7) is 0.646. The molecule has 19 heavy (non-hydrogen) atoms. The van der Waals surface area contributed by atoms with Gasteiger partial charge in [0.05, 0.1) is 5.56 Å². The maximum Gasteiger partial charge on any atom is 0.416 e. The number of Topliss-reactive ketones (excluding diaryl/α,β-unsaturated/α-hetero) is 1. The molecule has 0 amide bonds. The highest BCUT2D eigenvalue weighted by Crippen LogP contribution is 2.29. The van der Waals surface area contributed by atoms with Gasteiger partial charge in [0.2, 0.25) is 0 Å². The van der Waals surface area contributed by atoms with Gasteiger partial charge in [0.15, 0.2) is 5.78 Å². The highest BCUT2D eigenvalue weighted by molar-refractivity contribution is 5.96. The Morgan fingerprint density at radius 2 is 1.58 bits per heavy atom. The molecule has 0 atom stereocenters. The van der Waals surface area contributed by atoms with E-state index >= 15 is 0 Å². The Morgan fingerprint density at radius 1 is 1.00 bits per heavy atom. The standard InChI is InChI=1S/C14H18F3NO/c15-14(16,17)12-8-6-11(7-9-12)13(19)5-3-1-2-4-10-18/h6-9H,1-5,10,18H2. The summed E-state index contributed by atoms with van der Waals surface area (Å²) in [6, 6.07) is 4.37. The second-order valence-corrected chi connectivity index (χ2v) is 4.45. The van der Waals surface area contributed by atoms with Crippen LogP contribution in [0.1, 0.15) is 48.0 Å². The predicted molar refractivity (Wildman–Crippen MR) is 67.9 cm³/mol. The topological polar surface area (TPSA) is 43.1 Å². The molecule has 2 N–H and O–H groups in total. The van der Waals surface area contributed by atoms with Gasteiger partial charge in [0.25, 0.3) is 0 Å². The summed E-state index contributed by atoms with van der Waals surface area (Å²) in [5, 5.41) is 0. The van der Waals surface area contributed by atoms with Crippen molar-refractivity contribution in [1.82, 2.24) is 0 Å².